The van der Waals surface area contributed by atoms with Gasteiger partial charge in [0.05, 0.1) is 5.92 Å². The number of carbonyl (C=O) groups excluding carboxylic acids is 3. The predicted octanol–water partition coefficient (Wildman–Crippen LogP) is 1.89. The Bertz CT molecular complexity index is 853. The minimum atomic E-state index is -0.777. The lowest BCUT2D eigenvalue weighted by Gasteiger charge is -2.18. The molecule has 0 saturated carbocycles. The van der Waals surface area contributed by atoms with Gasteiger partial charge in [0, 0.05) is 30.4 Å². The van der Waals surface area contributed by atoms with Gasteiger partial charge in [0.2, 0.25) is 17.7 Å². The number of hydrogen-bond acceptors (Lipinski definition) is 4. The van der Waals surface area contributed by atoms with Crippen LogP contribution in [0.2, 0.25) is 0 Å². The Labute approximate surface area is 157 Å². The SMILES string of the molecule is CC(NC(=O)C1CC(=O)N(c2ccccc2)C1)C(=O)Nc1cccc(O)c1. The van der Waals surface area contributed by atoms with E-state index >= 15 is 0 Å². The van der Waals surface area contributed by atoms with Crippen LogP contribution in [0.5, 0.6) is 5.75 Å². The van der Waals surface area contributed by atoms with Gasteiger partial charge in [-0.1, -0.05) is 24.3 Å². The predicted molar refractivity (Wildman–Crippen MR) is 101 cm³/mol. The number of benzene rings is 2. The molecule has 0 radical (unpaired) electrons. The summed E-state index contributed by atoms with van der Waals surface area (Å²) >= 11 is 0. The quantitative estimate of drug-likeness (QED) is 0.751. The topological polar surface area (TPSA) is 98.7 Å². The Morgan fingerprint density at radius 3 is 2.59 bits per heavy atom. The van der Waals surface area contributed by atoms with Gasteiger partial charge in [-0.2, -0.15) is 0 Å². The Kier molecular flexibility index (Phi) is 5.40. The van der Waals surface area contributed by atoms with Gasteiger partial charge < -0.3 is 20.6 Å². The van der Waals surface area contributed by atoms with E-state index < -0.39 is 17.9 Å². The fraction of sp³-hybridized carbons (Fsp3) is 0.250. The third-order valence-electron chi connectivity index (χ3n) is 4.43. The summed E-state index contributed by atoms with van der Waals surface area (Å²) in [5.41, 5.74) is 1.19. The third kappa shape index (κ3) is 4.44. The smallest absolute Gasteiger partial charge is 0.246 e. The van der Waals surface area contributed by atoms with E-state index in [-0.39, 0.29) is 30.5 Å². The van der Waals surface area contributed by atoms with Gasteiger partial charge in [0.25, 0.3) is 0 Å². The van der Waals surface area contributed by atoms with E-state index in [0.29, 0.717) is 5.69 Å². The molecule has 3 N–H and O–H groups in total. The molecule has 2 aromatic rings. The number of amides is 3. The molecule has 1 fully saturated rings. The normalized spacial score (nSPS) is 17.4. The Morgan fingerprint density at radius 1 is 1.15 bits per heavy atom. The number of nitrogens with zero attached hydrogens (tertiary/aromatic N) is 1. The van der Waals surface area contributed by atoms with Crippen LogP contribution in [0.1, 0.15) is 13.3 Å². The molecular weight excluding hydrogens is 346 g/mol. The standard InChI is InChI=1S/C20H21N3O4/c1-13(19(26)22-15-6-5-9-17(24)11-15)21-20(27)14-10-18(25)23(12-14)16-7-3-2-4-8-16/h2-9,11,13-14,24H,10,12H2,1H3,(H,21,27)(H,22,26). The number of para-hydroxylation sites is 1. The van der Waals surface area contributed by atoms with E-state index in [9.17, 15) is 19.5 Å². The monoisotopic (exact) mass is 367 g/mol. The van der Waals surface area contributed by atoms with Gasteiger partial charge in [-0.25, -0.2) is 0 Å². The summed E-state index contributed by atoms with van der Waals surface area (Å²) in [5.74, 6) is -1.32. The first kappa shape index (κ1) is 18.4. The van der Waals surface area contributed by atoms with Gasteiger partial charge in [-0.3, -0.25) is 14.4 Å². The maximum atomic E-state index is 12.5. The van der Waals surface area contributed by atoms with Crippen molar-refractivity contribution in [2.75, 3.05) is 16.8 Å². The lowest BCUT2D eigenvalue weighted by molar-refractivity contribution is -0.129. The lowest BCUT2D eigenvalue weighted by atomic mass is 10.1. The van der Waals surface area contributed by atoms with Crippen molar-refractivity contribution in [1.82, 2.24) is 5.32 Å². The summed E-state index contributed by atoms with van der Waals surface area (Å²) < 4.78 is 0. The van der Waals surface area contributed by atoms with Crippen molar-refractivity contribution in [3.8, 4) is 5.75 Å². The fourth-order valence-corrected chi connectivity index (χ4v) is 2.97. The number of carbonyl (C=O) groups is 3. The minimum Gasteiger partial charge on any atom is -0.508 e. The first-order valence-corrected chi connectivity index (χ1v) is 8.69. The second-order valence-corrected chi connectivity index (χ2v) is 6.51. The fourth-order valence-electron chi connectivity index (χ4n) is 2.97. The zero-order valence-electron chi connectivity index (χ0n) is 14.9. The Hall–Kier alpha value is -3.35. The molecule has 0 aromatic heterocycles. The molecular formula is C20H21N3O4. The molecule has 2 atom stereocenters. The van der Waals surface area contributed by atoms with Crippen LogP contribution in [0.3, 0.4) is 0 Å². The summed E-state index contributed by atoms with van der Waals surface area (Å²) in [7, 11) is 0. The summed E-state index contributed by atoms with van der Waals surface area (Å²) in [6, 6.07) is 14.6. The highest BCUT2D eigenvalue weighted by Crippen LogP contribution is 2.25. The van der Waals surface area contributed by atoms with E-state index in [1.165, 1.54) is 12.1 Å². The number of anilines is 2. The average molecular weight is 367 g/mol. The number of phenolic OH excluding ortho intramolecular Hbond substituents is 1. The molecule has 1 aliphatic rings. The van der Waals surface area contributed by atoms with E-state index in [2.05, 4.69) is 10.6 Å². The summed E-state index contributed by atoms with van der Waals surface area (Å²) in [6.45, 7) is 1.86. The number of phenols is 1. The second-order valence-electron chi connectivity index (χ2n) is 6.51. The zero-order valence-corrected chi connectivity index (χ0v) is 14.9. The van der Waals surface area contributed by atoms with E-state index in [1.54, 1.807) is 24.0 Å². The van der Waals surface area contributed by atoms with Crippen LogP contribution in [0, 0.1) is 5.92 Å². The molecule has 1 heterocycles. The molecule has 1 aliphatic heterocycles. The summed E-state index contributed by atoms with van der Waals surface area (Å²) in [4.78, 5) is 38.5. The second kappa shape index (κ2) is 7.90. The van der Waals surface area contributed by atoms with Crippen molar-refractivity contribution in [2.24, 2.45) is 5.92 Å². The van der Waals surface area contributed by atoms with Crippen molar-refractivity contribution < 1.29 is 19.5 Å². The average Bonchev–Trinajstić information content (AvgIpc) is 3.04. The van der Waals surface area contributed by atoms with Crippen LogP contribution in [-0.4, -0.2) is 35.4 Å². The molecule has 140 valence electrons. The van der Waals surface area contributed by atoms with Crippen LogP contribution in [0.15, 0.2) is 54.6 Å². The Morgan fingerprint density at radius 2 is 1.89 bits per heavy atom. The largest absolute Gasteiger partial charge is 0.508 e. The van der Waals surface area contributed by atoms with Crippen LogP contribution < -0.4 is 15.5 Å². The maximum Gasteiger partial charge on any atom is 0.246 e. The number of nitrogens with one attached hydrogen (secondary N) is 2. The number of aromatic hydroxyl groups is 1. The Balaban J connectivity index is 1.57. The van der Waals surface area contributed by atoms with Crippen molar-refractivity contribution in [3.05, 3.63) is 54.6 Å². The molecule has 1 saturated heterocycles. The van der Waals surface area contributed by atoms with E-state index in [0.717, 1.165) is 5.69 Å². The maximum absolute atomic E-state index is 12.5. The third-order valence-corrected chi connectivity index (χ3v) is 4.43. The van der Waals surface area contributed by atoms with Crippen LogP contribution in [-0.2, 0) is 14.4 Å². The molecule has 3 amide bonds. The molecule has 7 nitrogen and oxygen atoms in total. The van der Waals surface area contributed by atoms with Gasteiger partial charge >= 0.3 is 0 Å². The van der Waals surface area contributed by atoms with Gasteiger partial charge in [0.15, 0.2) is 0 Å². The molecule has 3 rings (SSSR count). The van der Waals surface area contributed by atoms with E-state index in [1.807, 2.05) is 30.3 Å². The van der Waals surface area contributed by atoms with E-state index in [4.69, 9.17) is 0 Å². The van der Waals surface area contributed by atoms with Crippen molar-refractivity contribution in [2.45, 2.75) is 19.4 Å². The first-order valence-electron chi connectivity index (χ1n) is 8.69. The molecule has 0 aliphatic carbocycles. The highest BCUT2D eigenvalue weighted by atomic mass is 16.3. The number of rotatable bonds is 5. The van der Waals surface area contributed by atoms with Crippen LogP contribution in [0.4, 0.5) is 11.4 Å². The molecule has 27 heavy (non-hydrogen) atoms. The molecule has 2 unspecified atom stereocenters. The van der Waals surface area contributed by atoms with Gasteiger partial charge in [-0.05, 0) is 31.2 Å². The highest BCUT2D eigenvalue weighted by Gasteiger charge is 2.35. The van der Waals surface area contributed by atoms with Crippen molar-refractivity contribution in [3.63, 3.8) is 0 Å². The molecule has 2 aromatic carbocycles. The number of hydrogen-bond donors (Lipinski definition) is 3. The first-order chi connectivity index (χ1) is 12.9. The molecule has 0 spiro atoms. The highest BCUT2D eigenvalue weighted by molar-refractivity contribution is 6.02. The minimum absolute atomic E-state index is 0.0370. The van der Waals surface area contributed by atoms with Gasteiger partial charge in [-0.15, -0.1) is 0 Å². The summed E-state index contributed by atoms with van der Waals surface area (Å²) in [6.07, 6.45) is 0.113. The van der Waals surface area contributed by atoms with Crippen LogP contribution >= 0.6 is 0 Å². The molecule has 0 bridgehead atoms. The zero-order chi connectivity index (χ0) is 19.4. The van der Waals surface area contributed by atoms with Crippen molar-refractivity contribution in [1.29, 1.82) is 0 Å². The lowest BCUT2D eigenvalue weighted by Crippen LogP contribution is -2.44. The van der Waals surface area contributed by atoms with Crippen LogP contribution in [0.25, 0.3) is 0 Å². The van der Waals surface area contributed by atoms with Gasteiger partial charge in [0.1, 0.15) is 11.8 Å². The summed E-state index contributed by atoms with van der Waals surface area (Å²) in [5, 5.41) is 14.7. The molecule has 7 heteroatoms. The van der Waals surface area contributed by atoms with Crippen molar-refractivity contribution >= 4 is 29.1 Å².